The van der Waals surface area contributed by atoms with E-state index < -0.39 is 148 Å². The molecule has 2 amide bonds. The molecule has 3 aliphatic rings. The SMILES string of the molecule is CCCCC/C=C\C=C/CCCCCCCCC(=O)NC(COC1OC(CO)C(OC2OC(CO)C(O)C(OC3(C(=O)O)CC(O)C(NC(C)=O)C(C(O)C(O)CO)O3)C2O)C(O)C1O)C(O)CCCCCCCCCCCCCCCC. The van der Waals surface area contributed by atoms with E-state index in [9.17, 15) is 75.7 Å². The Morgan fingerprint density at radius 1 is 0.627 bits per heavy atom. The molecule has 0 aromatic rings. The zero-order valence-corrected chi connectivity index (χ0v) is 49.8. The van der Waals surface area contributed by atoms with E-state index in [4.69, 9.17) is 28.4 Å². The van der Waals surface area contributed by atoms with E-state index >= 15 is 0 Å². The topological polar surface area (TPSA) is 373 Å². The lowest BCUT2D eigenvalue weighted by Crippen LogP contribution is -2.70. The molecular weight excluding hydrogens is 1080 g/mol. The number of hydrogen-bond acceptors (Lipinski definition) is 20. The van der Waals surface area contributed by atoms with Gasteiger partial charge in [0.25, 0.3) is 5.79 Å². The highest BCUT2D eigenvalue weighted by atomic mass is 16.8. The maximum atomic E-state index is 13.4. The maximum absolute atomic E-state index is 13.4. The summed E-state index contributed by atoms with van der Waals surface area (Å²) in [5, 5.41) is 136. The Labute approximate surface area is 492 Å². The molecule has 3 saturated heterocycles. The van der Waals surface area contributed by atoms with Crippen molar-refractivity contribution in [3.63, 3.8) is 0 Å². The van der Waals surface area contributed by atoms with E-state index in [0.717, 1.165) is 77.6 Å². The van der Waals surface area contributed by atoms with Crippen molar-refractivity contribution in [2.24, 2.45) is 0 Å². The fourth-order valence-corrected chi connectivity index (χ4v) is 10.9. The van der Waals surface area contributed by atoms with Crippen molar-refractivity contribution in [2.45, 2.75) is 310 Å². The Morgan fingerprint density at radius 3 is 1.69 bits per heavy atom. The van der Waals surface area contributed by atoms with Crippen molar-refractivity contribution in [2.75, 3.05) is 26.4 Å². The van der Waals surface area contributed by atoms with Crippen molar-refractivity contribution < 1.29 is 104 Å². The Balaban J connectivity index is 1.66. The number of ether oxygens (including phenoxy) is 6. The summed E-state index contributed by atoms with van der Waals surface area (Å²) in [4.78, 5) is 38.4. The number of aliphatic hydroxyl groups is 11. The lowest BCUT2D eigenvalue weighted by atomic mass is 9.88. The van der Waals surface area contributed by atoms with E-state index in [2.05, 4.69) is 48.8 Å². The minimum atomic E-state index is -3.08. The summed E-state index contributed by atoms with van der Waals surface area (Å²) < 4.78 is 34.7. The molecule has 484 valence electrons. The van der Waals surface area contributed by atoms with Crippen LogP contribution in [-0.2, 0) is 42.8 Å². The fraction of sp³-hybridized carbons (Fsp3) is 0.883. The van der Waals surface area contributed by atoms with Crippen molar-refractivity contribution in [1.29, 1.82) is 0 Å². The van der Waals surface area contributed by atoms with Gasteiger partial charge in [0.2, 0.25) is 11.8 Å². The number of carbonyl (C=O) groups is 3. The van der Waals surface area contributed by atoms with Crippen LogP contribution in [0.4, 0.5) is 0 Å². The summed E-state index contributed by atoms with van der Waals surface area (Å²) >= 11 is 0. The van der Waals surface area contributed by atoms with Crippen LogP contribution in [0.5, 0.6) is 0 Å². The van der Waals surface area contributed by atoms with Crippen LogP contribution in [0.3, 0.4) is 0 Å². The first-order chi connectivity index (χ1) is 39.9. The molecule has 0 aliphatic carbocycles. The van der Waals surface area contributed by atoms with Crippen LogP contribution in [0.25, 0.3) is 0 Å². The lowest BCUT2D eigenvalue weighted by Gasteiger charge is -2.50. The van der Waals surface area contributed by atoms with Crippen LogP contribution < -0.4 is 10.6 Å². The Hall–Kier alpha value is -2.79. The Bertz CT molecular complexity index is 1800. The highest BCUT2D eigenvalue weighted by Crippen LogP contribution is 2.38. The second kappa shape index (κ2) is 42.2. The Morgan fingerprint density at radius 2 is 1.14 bits per heavy atom. The van der Waals surface area contributed by atoms with Crippen molar-refractivity contribution in [3.8, 4) is 0 Å². The van der Waals surface area contributed by atoms with Gasteiger partial charge in [0.05, 0.1) is 50.7 Å². The van der Waals surface area contributed by atoms with Gasteiger partial charge in [0, 0.05) is 19.8 Å². The van der Waals surface area contributed by atoms with Crippen LogP contribution in [0.2, 0.25) is 0 Å². The van der Waals surface area contributed by atoms with Gasteiger partial charge in [-0.1, -0.05) is 167 Å². The monoisotopic (exact) mass is 1190 g/mol. The first-order valence-electron chi connectivity index (χ1n) is 31.2. The van der Waals surface area contributed by atoms with Crippen LogP contribution in [0.15, 0.2) is 24.3 Å². The van der Waals surface area contributed by atoms with Gasteiger partial charge >= 0.3 is 5.97 Å². The average molecular weight is 1190 g/mol. The number of carbonyl (C=O) groups excluding carboxylic acids is 2. The van der Waals surface area contributed by atoms with Crippen LogP contribution in [0, 0.1) is 0 Å². The summed E-state index contributed by atoms with van der Waals surface area (Å²) in [7, 11) is 0. The van der Waals surface area contributed by atoms with Crippen molar-refractivity contribution in [1.82, 2.24) is 10.6 Å². The number of hydrogen-bond donors (Lipinski definition) is 14. The molecule has 0 bridgehead atoms. The molecule has 14 N–H and O–H groups in total. The standard InChI is InChI=1S/C60H108N2O21/c1-4-6-8-10-12-14-16-18-20-22-24-26-28-30-32-34-47(70)62-41(42(67)33-31-29-27-25-23-21-19-17-15-13-11-9-7-5-2)39-78-57-52(74)51(73)54(46(38-65)80-57)81-58-53(75)56(50(72)45(37-64)79-58)83-60(59(76)77)35-43(68)48(61-40(3)66)55(82-60)49(71)44(69)36-63/h12,14,16,18,41-46,48-58,63-65,67-69,71-75H,4-11,13,15,17,19-39H2,1-3H3,(H,61,66)(H,62,70)(H,76,77)/b14-12-,18-16-. The number of amides is 2. The molecule has 0 saturated carbocycles. The zero-order valence-electron chi connectivity index (χ0n) is 49.8. The quantitative estimate of drug-likeness (QED) is 0.0307. The molecule has 83 heavy (non-hydrogen) atoms. The molecule has 23 nitrogen and oxygen atoms in total. The number of carboxylic acids is 1. The van der Waals surface area contributed by atoms with E-state index in [1.54, 1.807) is 0 Å². The van der Waals surface area contributed by atoms with E-state index in [1.807, 2.05) is 0 Å². The minimum Gasteiger partial charge on any atom is -0.477 e. The molecule has 3 rings (SSSR count). The second-order valence-electron chi connectivity index (χ2n) is 22.9. The van der Waals surface area contributed by atoms with E-state index in [1.165, 1.54) is 77.0 Å². The van der Waals surface area contributed by atoms with Gasteiger partial charge in [-0.15, -0.1) is 0 Å². The molecule has 0 aromatic heterocycles. The van der Waals surface area contributed by atoms with Crippen molar-refractivity contribution in [3.05, 3.63) is 24.3 Å². The van der Waals surface area contributed by atoms with Crippen LogP contribution >= 0.6 is 0 Å². The first-order valence-corrected chi connectivity index (χ1v) is 31.2. The maximum Gasteiger partial charge on any atom is 0.364 e. The predicted molar refractivity (Wildman–Crippen MR) is 306 cm³/mol. The van der Waals surface area contributed by atoms with E-state index in [0.29, 0.717) is 19.3 Å². The van der Waals surface area contributed by atoms with Gasteiger partial charge in [-0.25, -0.2) is 4.79 Å². The molecule has 0 aromatic carbocycles. The summed E-state index contributed by atoms with van der Waals surface area (Å²) in [6.45, 7) is 2.12. The molecule has 3 aliphatic heterocycles. The van der Waals surface area contributed by atoms with Gasteiger partial charge in [-0.05, 0) is 38.5 Å². The summed E-state index contributed by atoms with van der Waals surface area (Å²) in [5.41, 5.74) is 0. The number of aliphatic hydroxyl groups excluding tert-OH is 11. The molecular formula is C60H108N2O21. The van der Waals surface area contributed by atoms with E-state index in [-0.39, 0.29) is 18.9 Å². The Kier molecular flexibility index (Phi) is 37.8. The lowest BCUT2D eigenvalue weighted by molar-refractivity contribution is -0.386. The normalized spacial score (nSPS) is 30.1. The van der Waals surface area contributed by atoms with Gasteiger partial charge < -0.3 is 100 Å². The zero-order chi connectivity index (χ0) is 61.2. The number of rotatable bonds is 45. The number of unbranched alkanes of at least 4 members (excludes halogenated alkanes) is 22. The molecule has 23 heteroatoms. The largest absolute Gasteiger partial charge is 0.477 e. The second-order valence-corrected chi connectivity index (χ2v) is 22.9. The fourth-order valence-electron chi connectivity index (χ4n) is 10.9. The van der Waals surface area contributed by atoms with Gasteiger partial charge in [0.15, 0.2) is 12.6 Å². The van der Waals surface area contributed by atoms with Crippen LogP contribution in [-0.4, -0.2) is 215 Å². The molecule has 0 radical (unpaired) electrons. The van der Waals surface area contributed by atoms with Crippen molar-refractivity contribution >= 4 is 17.8 Å². The predicted octanol–water partition coefficient (Wildman–Crippen LogP) is 3.33. The third-order valence-electron chi connectivity index (χ3n) is 15.9. The van der Waals surface area contributed by atoms with Gasteiger partial charge in [0.1, 0.15) is 67.1 Å². The van der Waals surface area contributed by atoms with Gasteiger partial charge in [-0.3, -0.25) is 9.59 Å². The summed E-state index contributed by atoms with van der Waals surface area (Å²) in [5.74, 6) is -6.12. The summed E-state index contributed by atoms with van der Waals surface area (Å²) in [6.07, 6.45) is 7.67. The smallest absolute Gasteiger partial charge is 0.364 e. The van der Waals surface area contributed by atoms with Crippen LogP contribution in [0.1, 0.15) is 201 Å². The number of nitrogens with one attached hydrogen (secondary N) is 2. The molecule has 3 heterocycles. The average Bonchev–Trinajstić information content (AvgIpc) is 2.86. The number of carboxylic acid groups (broad SMARTS) is 1. The molecule has 3 fully saturated rings. The minimum absolute atomic E-state index is 0.209. The molecule has 0 spiro atoms. The molecule has 18 atom stereocenters. The van der Waals surface area contributed by atoms with Gasteiger partial charge in [-0.2, -0.15) is 0 Å². The number of allylic oxidation sites excluding steroid dienone is 4. The third-order valence-corrected chi connectivity index (χ3v) is 15.9. The first kappa shape index (κ1) is 74.5. The highest BCUT2D eigenvalue weighted by Gasteiger charge is 2.60. The summed E-state index contributed by atoms with van der Waals surface area (Å²) in [6, 6.07) is -2.53. The molecule has 18 unspecified atom stereocenters. The highest BCUT2D eigenvalue weighted by molar-refractivity contribution is 5.77. The third kappa shape index (κ3) is 26.2. The number of aliphatic carboxylic acids is 1.